The number of carbonyl (C=O) groups excluding carboxylic acids is 1. The van der Waals surface area contributed by atoms with Crippen LogP contribution in [-0.4, -0.2) is 39.8 Å². The Bertz CT molecular complexity index is 1490. The summed E-state index contributed by atoms with van der Waals surface area (Å²) in [4.78, 5) is 27.4. The molecule has 0 unspecified atom stereocenters. The van der Waals surface area contributed by atoms with Crippen LogP contribution in [0.5, 0.6) is 5.75 Å². The molecule has 0 bridgehead atoms. The first kappa shape index (κ1) is 27.9. The highest BCUT2D eigenvalue weighted by Gasteiger charge is 2.24. The van der Waals surface area contributed by atoms with Gasteiger partial charge in [0, 0.05) is 23.0 Å². The van der Waals surface area contributed by atoms with Gasteiger partial charge in [-0.25, -0.2) is 17.6 Å². The summed E-state index contributed by atoms with van der Waals surface area (Å²) in [6.07, 6.45) is 2.83. The molecular formula is C27H31FN2O6S. The summed E-state index contributed by atoms with van der Waals surface area (Å²) >= 11 is 0. The number of sulfonamides is 1. The Hall–Kier alpha value is -3.66. The molecule has 0 spiro atoms. The quantitative estimate of drug-likeness (QED) is 0.417. The number of hydrogen-bond donors (Lipinski definition) is 2. The lowest BCUT2D eigenvalue weighted by atomic mass is 9.82. The van der Waals surface area contributed by atoms with Crippen LogP contribution in [0.4, 0.5) is 10.1 Å². The minimum Gasteiger partial charge on any atom is -0.496 e. The molecule has 37 heavy (non-hydrogen) atoms. The van der Waals surface area contributed by atoms with E-state index >= 15 is 0 Å². The van der Waals surface area contributed by atoms with Crippen LogP contribution in [0.15, 0.2) is 47.4 Å². The smallest absolute Gasteiger partial charge is 0.338 e. The van der Waals surface area contributed by atoms with E-state index in [1.807, 2.05) is 26.8 Å². The van der Waals surface area contributed by atoms with Crippen molar-refractivity contribution in [2.24, 2.45) is 0 Å². The number of anilines is 1. The SMILES string of the molecule is COC(=O)c1cc(NS(C)(=O)=O)ccc1CCc1cc(-c2cc(F)c[nH]c2=O)cc(C(C)(C)C)c1OC. The zero-order valence-corrected chi connectivity index (χ0v) is 22.5. The zero-order valence-electron chi connectivity index (χ0n) is 21.7. The van der Waals surface area contributed by atoms with E-state index in [2.05, 4.69) is 9.71 Å². The highest BCUT2D eigenvalue weighted by molar-refractivity contribution is 7.92. The standard InChI is InChI=1S/C27H31FN2O6S/c1-27(2,3)23-12-18(21-13-19(28)15-29-25(21)31)11-17(24(23)35-4)8-7-16-9-10-20(30-37(6,33)34)14-22(16)26(32)36-5/h9-15,30H,7-8H2,1-6H3,(H,29,31). The molecule has 0 aliphatic carbocycles. The number of carbonyl (C=O) groups is 1. The number of pyridine rings is 1. The maximum Gasteiger partial charge on any atom is 0.338 e. The number of methoxy groups -OCH3 is 2. The van der Waals surface area contributed by atoms with E-state index < -0.39 is 27.4 Å². The molecule has 1 heterocycles. The highest BCUT2D eigenvalue weighted by atomic mass is 32.2. The molecule has 10 heteroatoms. The maximum absolute atomic E-state index is 14.0. The molecule has 0 saturated heterocycles. The van der Waals surface area contributed by atoms with E-state index in [0.717, 1.165) is 23.6 Å². The number of hydrogen-bond acceptors (Lipinski definition) is 6. The van der Waals surface area contributed by atoms with Gasteiger partial charge in [-0.15, -0.1) is 0 Å². The molecule has 0 fully saturated rings. The summed E-state index contributed by atoms with van der Waals surface area (Å²) in [6.45, 7) is 6.03. The number of rotatable bonds is 8. The minimum atomic E-state index is -3.53. The van der Waals surface area contributed by atoms with E-state index in [1.54, 1.807) is 25.3 Å². The summed E-state index contributed by atoms with van der Waals surface area (Å²) in [5, 5.41) is 0. The predicted molar refractivity (Wildman–Crippen MR) is 141 cm³/mol. The Labute approximate surface area is 215 Å². The Morgan fingerprint density at radius 3 is 2.32 bits per heavy atom. The molecule has 0 radical (unpaired) electrons. The third-order valence-corrected chi connectivity index (χ3v) is 6.45. The van der Waals surface area contributed by atoms with Crippen LogP contribution in [0.3, 0.4) is 0 Å². The molecule has 2 aromatic carbocycles. The van der Waals surface area contributed by atoms with Crippen molar-refractivity contribution in [3.8, 4) is 16.9 Å². The van der Waals surface area contributed by atoms with Crippen LogP contribution in [0, 0.1) is 5.82 Å². The summed E-state index contributed by atoms with van der Waals surface area (Å²) in [5.41, 5.74) is 2.68. The molecule has 3 aromatic rings. The van der Waals surface area contributed by atoms with E-state index in [0.29, 0.717) is 29.7 Å². The van der Waals surface area contributed by atoms with Crippen molar-refractivity contribution >= 4 is 21.7 Å². The highest BCUT2D eigenvalue weighted by Crippen LogP contribution is 2.38. The minimum absolute atomic E-state index is 0.195. The van der Waals surface area contributed by atoms with E-state index in [9.17, 15) is 22.4 Å². The van der Waals surface area contributed by atoms with Crippen molar-refractivity contribution in [2.45, 2.75) is 39.0 Å². The number of ether oxygens (including phenoxy) is 2. The van der Waals surface area contributed by atoms with Gasteiger partial charge in [0.25, 0.3) is 5.56 Å². The molecule has 198 valence electrons. The van der Waals surface area contributed by atoms with Crippen molar-refractivity contribution < 1.29 is 27.1 Å². The number of H-pyrrole nitrogens is 1. The van der Waals surface area contributed by atoms with Gasteiger partial charge in [-0.1, -0.05) is 26.8 Å². The van der Waals surface area contributed by atoms with Crippen molar-refractivity contribution in [3.05, 3.63) is 81.0 Å². The fourth-order valence-electron chi connectivity index (χ4n) is 4.14. The molecule has 8 nitrogen and oxygen atoms in total. The van der Waals surface area contributed by atoms with Gasteiger partial charge < -0.3 is 14.5 Å². The van der Waals surface area contributed by atoms with Gasteiger partial charge in [0.1, 0.15) is 11.6 Å². The molecule has 0 aliphatic rings. The lowest BCUT2D eigenvalue weighted by Gasteiger charge is -2.25. The average molecular weight is 531 g/mol. The largest absolute Gasteiger partial charge is 0.496 e. The molecular weight excluding hydrogens is 499 g/mol. The van der Waals surface area contributed by atoms with Gasteiger partial charge in [0.2, 0.25) is 10.0 Å². The van der Waals surface area contributed by atoms with Crippen LogP contribution in [0.2, 0.25) is 0 Å². The number of nitrogens with one attached hydrogen (secondary N) is 2. The topological polar surface area (TPSA) is 115 Å². The van der Waals surface area contributed by atoms with Crippen LogP contribution < -0.4 is 15.0 Å². The molecule has 0 saturated carbocycles. The second-order valence-corrected chi connectivity index (χ2v) is 11.5. The fourth-order valence-corrected chi connectivity index (χ4v) is 4.70. The second kappa shape index (κ2) is 10.8. The molecule has 0 amide bonds. The third kappa shape index (κ3) is 6.76. The molecule has 0 aliphatic heterocycles. The first-order valence-corrected chi connectivity index (χ1v) is 13.4. The molecule has 3 rings (SSSR count). The zero-order chi connectivity index (χ0) is 27.5. The van der Waals surface area contributed by atoms with Crippen molar-refractivity contribution in [2.75, 3.05) is 25.2 Å². The summed E-state index contributed by atoms with van der Waals surface area (Å²) in [7, 11) is -0.718. The van der Waals surface area contributed by atoms with Crippen molar-refractivity contribution in [1.82, 2.24) is 4.98 Å². The maximum atomic E-state index is 14.0. The Morgan fingerprint density at radius 2 is 1.73 bits per heavy atom. The molecule has 1 aromatic heterocycles. The van der Waals surface area contributed by atoms with Gasteiger partial charge in [-0.3, -0.25) is 9.52 Å². The van der Waals surface area contributed by atoms with Gasteiger partial charge >= 0.3 is 5.97 Å². The Morgan fingerprint density at radius 1 is 1.05 bits per heavy atom. The van der Waals surface area contributed by atoms with Crippen LogP contribution in [0.1, 0.15) is 47.8 Å². The average Bonchev–Trinajstić information content (AvgIpc) is 2.82. The number of halogens is 1. The summed E-state index contributed by atoms with van der Waals surface area (Å²) in [6, 6.07) is 9.48. The van der Waals surface area contributed by atoms with Crippen LogP contribution >= 0.6 is 0 Å². The lowest BCUT2D eigenvalue weighted by Crippen LogP contribution is -2.16. The number of aromatic nitrogens is 1. The van der Waals surface area contributed by atoms with Gasteiger partial charge in [0.05, 0.1) is 26.0 Å². The van der Waals surface area contributed by atoms with Gasteiger partial charge in [-0.2, -0.15) is 0 Å². The number of aromatic amines is 1. The first-order valence-electron chi connectivity index (χ1n) is 11.5. The second-order valence-electron chi connectivity index (χ2n) is 9.76. The molecule has 2 N–H and O–H groups in total. The fraction of sp³-hybridized carbons (Fsp3) is 0.333. The van der Waals surface area contributed by atoms with E-state index in [4.69, 9.17) is 9.47 Å². The van der Waals surface area contributed by atoms with Gasteiger partial charge in [-0.05, 0) is 65.3 Å². The predicted octanol–water partition coefficient (Wildman–Crippen LogP) is 4.43. The monoisotopic (exact) mass is 530 g/mol. The lowest BCUT2D eigenvalue weighted by molar-refractivity contribution is 0.0599. The Balaban J connectivity index is 2.10. The normalized spacial score (nSPS) is 11.8. The van der Waals surface area contributed by atoms with E-state index in [-0.39, 0.29) is 22.2 Å². The van der Waals surface area contributed by atoms with Crippen LogP contribution in [-0.2, 0) is 33.0 Å². The Kier molecular flexibility index (Phi) is 8.12. The summed E-state index contributed by atoms with van der Waals surface area (Å²) < 4.78 is 50.3. The number of aryl methyl sites for hydroxylation is 2. The first-order chi connectivity index (χ1) is 17.2. The molecule has 0 atom stereocenters. The van der Waals surface area contributed by atoms with Crippen molar-refractivity contribution in [1.29, 1.82) is 0 Å². The third-order valence-electron chi connectivity index (χ3n) is 5.84. The number of esters is 1. The summed E-state index contributed by atoms with van der Waals surface area (Å²) in [5.74, 6) is -0.525. The van der Waals surface area contributed by atoms with Crippen molar-refractivity contribution in [3.63, 3.8) is 0 Å². The van der Waals surface area contributed by atoms with E-state index in [1.165, 1.54) is 19.2 Å². The van der Waals surface area contributed by atoms with Gasteiger partial charge in [0.15, 0.2) is 0 Å². The number of benzene rings is 2. The van der Waals surface area contributed by atoms with Crippen LogP contribution in [0.25, 0.3) is 11.1 Å².